The van der Waals surface area contributed by atoms with Gasteiger partial charge in [0.15, 0.2) is 0 Å². The van der Waals surface area contributed by atoms with Gasteiger partial charge in [0, 0.05) is 19.5 Å². The number of hydrogen-bond acceptors (Lipinski definition) is 4. The van der Waals surface area contributed by atoms with E-state index >= 15 is 0 Å². The summed E-state index contributed by atoms with van der Waals surface area (Å²) in [7, 11) is -4.04. The highest BCUT2D eigenvalue weighted by Gasteiger charge is 2.26. The first-order valence-electron chi connectivity index (χ1n) is 10.7. The van der Waals surface area contributed by atoms with Crippen LogP contribution in [0.1, 0.15) is 65.2 Å². The molecule has 0 saturated carbocycles. The first kappa shape index (κ1) is 27.7. The van der Waals surface area contributed by atoms with E-state index in [4.69, 9.17) is 23.2 Å². The maximum Gasteiger partial charge on any atom is 0.241 e. The van der Waals surface area contributed by atoms with E-state index in [1.807, 2.05) is 0 Å². The topological polar surface area (TPSA) is 104 Å². The monoisotopic (exact) mass is 493 g/mol. The molecular formula is C21H33Cl2N3O4S. The van der Waals surface area contributed by atoms with Crippen molar-refractivity contribution in [3.63, 3.8) is 0 Å². The minimum atomic E-state index is -4.04. The Kier molecular flexibility index (Phi) is 13.1. The number of rotatable bonds is 15. The lowest BCUT2D eigenvalue weighted by molar-refractivity contribution is -0.123. The smallest absolute Gasteiger partial charge is 0.241 e. The van der Waals surface area contributed by atoms with Crippen LogP contribution < -0.4 is 15.4 Å². The zero-order valence-corrected chi connectivity index (χ0v) is 20.5. The third kappa shape index (κ3) is 10.7. The third-order valence-electron chi connectivity index (χ3n) is 4.66. The van der Waals surface area contributed by atoms with Crippen molar-refractivity contribution in [3.8, 4) is 0 Å². The fraction of sp³-hybridized carbons (Fsp3) is 0.619. The quantitative estimate of drug-likeness (QED) is 0.320. The van der Waals surface area contributed by atoms with Gasteiger partial charge in [0.05, 0.1) is 14.9 Å². The molecule has 1 aromatic carbocycles. The molecule has 1 aromatic rings. The predicted octanol–water partition coefficient (Wildman–Crippen LogP) is 4.03. The van der Waals surface area contributed by atoms with Crippen molar-refractivity contribution < 1.29 is 18.0 Å². The van der Waals surface area contributed by atoms with Gasteiger partial charge in [-0.15, -0.1) is 0 Å². The normalized spacial score (nSPS) is 12.4. The first-order chi connectivity index (χ1) is 14.7. The molecule has 0 saturated heterocycles. The Morgan fingerprint density at radius 3 is 2.13 bits per heavy atom. The molecule has 176 valence electrons. The van der Waals surface area contributed by atoms with Crippen LogP contribution in [0, 0.1) is 0 Å². The van der Waals surface area contributed by atoms with E-state index in [0.717, 1.165) is 38.5 Å². The van der Waals surface area contributed by atoms with Gasteiger partial charge >= 0.3 is 0 Å². The van der Waals surface area contributed by atoms with E-state index in [1.165, 1.54) is 18.2 Å². The van der Waals surface area contributed by atoms with Crippen molar-refractivity contribution in [1.82, 2.24) is 15.4 Å². The van der Waals surface area contributed by atoms with Crippen molar-refractivity contribution in [2.75, 3.05) is 13.1 Å². The molecule has 0 heterocycles. The van der Waals surface area contributed by atoms with E-state index in [9.17, 15) is 18.0 Å². The van der Waals surface area contributed by atoms with Crippen LogP contribution in [-0.4, -0.2) is 39.4 Å². The molecule has 0 bridgehead atoms. The number of carbonyl (C=O) groups is 2. The number of unbranched alkanes of at least 4 members (excludes halogenated alkanes) is 4. The van der Waals surface area contributed by atoms with Crippen LogP contribution in [0.25, 0.3) is 0 Å². The van der Waals surface area contributed by atoms with Crippen molar-refractivity contribution in [2.45, 2.75) is 76.2 Å². The van der Waals surface area contributed by atoms with Crippen LogP contribution in [0.2, 0.25) is 10.0 Å². The van der Waals surface area contributed by atoms with Gasteiger partial charge in [-0.05, 0) is 37.5 Å². The number of halogens is 2. The van der Waals surface area contributed by atoms with Gasteiger partial charge in [0.1, 0.15) is 6.04 Å². The van der Waals surface area contributed by atoms with E-state index in [2.05, 4.69) is 29.2 Å². The molecule has 7 nitrogen and oxygen atoms in total. The number of amides is 2. The number of carbonyl (C=O) groups excluding carboxylic acids is 2. The Morgan fingerprint density at radius 2 is 1.55 bits per heavy atom. The molecule has 0 aliphatic rings. The van der Waals surface area contributed by atoms with E-state index in [1.54, 1.807) is 0 Å². The molecule has 0 fully saturated rings. The van der Waals surface area contributed by atoms with Gasteiger partial charge in [-0.25, -0.2) is 8.42 Å². The third-order valence-corrected chi connectivity index (χ3v) is 6.87. The highest BCUT2D eigenvalue weighted by Crippen LogP contribution is 2.25. The minimum absolute atomic E-state index is 0.0308. The minimum Gasteiger partial charge on any atom is -0.356 e. The standard InChI is InChI=1S/C21H33Cl2N3O4S/c1-3-5-7-13-24-20(27)12-11-19(21(28)25-14-8-6-4-2)26-31(29,30)16-9-10-17(22)18(23)15-16/h9-10,15,19,26H,3-8,11-14H2,1-2H3,(H,24,27)(H,25,28). The second-order valence-corrected chi connectivity index (χ2v) is 9.87. The molecule has 31 heavy (non-hydrogen) atoms. The van der Waals surface area contributed by atoms with Gasteiger partial charge < -0.3 is 10.6 Å². The van der Waals surface area contributed by atoms with Crippen LogP contribution in [0.3, 0.4) is 0 Å². The molecule has 0 aliphatic carbocycles. The summed E-state index contributed by atoms with van der Waals surface area (Å²) in [6.45, 7) is 5.14. The summed E-state index contributed by atoms with van der Waals surface area (Å²) in [5, 5.41) is 5.87. The molecule has 0 aliphatic heterocycles. The Labute approximate surface area is 195 Å². The lowest BCUT2D eigenvalue weighted by Gasteiger charge is -2.19. The van der Waals surface area contributed by atoms with Crippen molar-refractivity contribution in [2.24, 2.45) is 0 Å². The summed E-state index contributed by atoms with van der Waals surface area (Å²) < 4.78 is 28.0. The van der Waals surface area contributed by atoms with Crippen molar-refractivity contribution >= 4 is 45.0 Å². The average molecular weight is 494 g/mol. The molecule has 1 rings (SSSR count). The lowest BCUT2D eigenvalue weighted by atomic mass is 10.1. The molecule has 10 heteroatoms. The predicted molar refractivity (Wildman–Crippen MR) is 125 cm³/mol. The molecular weight excluding hydrogens is 461 g/mol. The van der Waals surface area contributed by atoms with E-state index in [0.29, 0.717) is 13.1 Å². The van der Waals surface area contributed by atoms with Crippen molar-refractivity contribution in [1.29, 1.82) is 0 Å². The summed E-state index contributed by atoms with van der Waals surface area (Å²) in [6.07, 6.45) is 5.78. The summed E-state index contributed by atoms with van der Waals surface area (Å²) in [4.78, 5) is 24.6. The van der Waals surface area contributed by atoms with Crippen LogP contribution in [-0.2, 0) is 19.6 Å². The molecule has 2 amide bonds. The van der Waals surface area contributed by atoms with Gasteiger partial charge in [0.25, 0.3) is 0 Å². The summed E-state index contributed by atoms with van der Waals surface area (Å²) in [5.74, 6) is -0.674. The zero-order chi connectivity index (χ0) is 23.3. The maximum atomic E-state index is 12.8. The number of hydrogen-bond donors (Lipinski definition) is 3. The van der Waals surface area contributed by atoms with Gasteiger partial charge in [0.2, 0.25) is 21.8 Å². The van der Waals surface area contributed by atoms with Crippen LogP contribution in [0.4, 0.5) is 0 Å². The largest absolute Gasteiger partial charge is 0.356 e. The van der Waals surface area contributed by atoms with Gasteiger partial charge in [-0.2, -0.15) is 4.72 Å². The van der Waals surface area contributed by atoms with E-state index in [-0.39, 0.29) is 33.7 Å². The molecule has 0 aromatic heterocycles. The summed E-state index contributed by atoms with van der Waals surface area (Å²) in [5.41, 5.74) is 0. The summed E-state index contributed by atoms with van der Waals surface area (Å²) in [6, 6.07) is 2.83. The first-order valence-corrected chi connectivity index (χ1v) is 13.0. The average Bonchev–Trinajstić information content (AvgIpc) is 2.73. The Balaban J connectivity index is 2.82. The highest BCUT2D eigenvalue weighted by molar-refractivity contribution is 7.89. The van der Waals surface area contributed by atoms with Gasteiger partial charge in [-0.3, -0.25) is 9.59 Å². The highest BCUT2D eigenvalue weighted by atomic mass is 35.5. The number of nitrogens with one attached hydrogen (secondary N) is 3. The van der Waals surface area contributed by atoms with Crippen molar-refractivity contribution in [3.05, 3.63) is 28.2 Å². The molecule has 1 unspecified atom stereocenters. The maximum absolute atomic E-state index is 12.8. The molecule has 1 atom stereocenters. The SMILES string of the molecule is CCCCCNC(=O)CCC(NS(=O)(=O)c1ccc(Cl)c(Cl)c1)C(=O)NCCCCC. The van der Waals surface area contributed by atoms with Crippen LogP contribution >= 0.6 is 23.2 Å². The number of sulfonamides is 1. The Morgan fingerprint density at radius 1 is 0.935 bits per heavy atom. The van der Waals surface area contributed by atoms with Gasteiger partial charge in [-0.1, -0.05) is 62.7 Å². The fourth-order valence-electron chi connectivity index (χ4n) is 2.82. The van der Waals surface area contributed by atoms with E-state index < -0.39 is 22.0 Å². The molecule has 3 N–H and O–H groups in total. The Hall–Kier alpha value is -1.35. The van der Waals surface area contributed by atoms with Crippen LogP contribution in [0.5, 0.6) is 0 Å². The Bertz CT molecular complexity index is 819. The zero-order valence-electron chi connectivity index (χ0n) is 18.2. The second kappa shape index (κ2) is 14.7. The lowest BCUT2D eigenvalue weighted by Crippen LogP contribution is -2.47. The number of benzene rings is 1. The molecule has 0 spiro atoms. The summed E-state index contributed by atoms with van der Waals surface area (Å²) >= 11 is 11.8. The molecule has 0 radical (unpaired) electrons. The van der Waals surface area contributed by atoms with Crippen LogP contribution in [0.15, 0.2) is 23.1 Å². The fourth-order valence-corrected chi connectivity index (χ4v) is 4.44. The second-order valence-electron chi connectivity index (χ2n) is 7.34.